The van der Waals surface area contributed by atoms with Crippen molar-refractivity contribution in [3.8, 4) is 0 Å². The van der Waals surface area contributed by atoms with Crippen LogP contribution < -0.4 is 10.6 Å². The molecular formula is C23H22N2O2S. The van der Waals surface area contributed by atoms with Crippen LogP contribution in [0.25, 0.3) is 0 Å². The molecule has 2 aromatic carbocycles. The van der Waals surface area contributed by atoms with Crippen molar-refractivity contribution in [3.05, 3.63) is 82.2 Å². The van der Waals surface area contributed by atoms with Crippen molar-refractivity contribution in [2.24, 2.45) is 0 Å². The van der Waals surface area contributed by atoms with Crippen molar-refractivity contribution >= 4 is 33.8 Å². The molecule has 0 fully saturated rings. The van der Waals surface area contributed by atoms with Crippen molar-refractivity contribution in [2.75, 3.05) is 10.6 Å². The van der Waals surface area contributed by atoms with Crippen molar-refractivity contribution in [2.45, 2.75) is 32.1 Å². The minimum Gasteiger partial charge on any atom is -0.322 e. The van der Waals surface area contributed by atoms with Crippen LogP contribution in [-0.2, 0) is 24.1 Å². The Morgan fingerprint density at radius 1 is 0.857 bits per heavy atom. The average molecular weight is 391 g/mol. The van der Waals surface area contributed by atoms with Gasteiger partial charge in [0.25, 0.3) is 5.91 Å². The van der Waals surface area contributed by atoms with E-state index in [-0.39, 0.29) is 11.8 Å². The van der Waals surface area contributed by atoms with Gasteiger partial charge in [0.05, 0.1) is 12.0 Å². The Kier molecular flexibility index (Phi) is 5.53. The molecule has 0 atom stereocenters. The van der Waals surface area contributed by atoms with Gasteiger partial charge in [-0.2, -0.15) is 0 Å². The molecule has 1 aromatic heterocycles. The molecule has 1 heterocycles. The number of anilines is 2. The fourth-order valence-corrected chi connectivity index (χ4v) is 4.86. The predicted molar refractivity (Wildman–Crippen MR) is 114 cm³/mol. The number of carbonyl (C=O) groups is 2. The number of fused-ring (bicyclic) bond motifs is 1. The van der Waals surface area contributed by atoms with Gasteiger partial charge in [-0.15, -0.1) is 11.3 Å². The molecule has 28 heavy (non-hydrogen) atoms. The van der Waals surface area contributed by atoms with Crippen molar-refractivity contribution in [3.63, 3.8) is 0 Å². The smallest absolute Gasteiger partial charge is 0.258 e. The highest BCUT2D eigenvalue weighted by Crippen LogP contribution is 2.38. The largest absolute Gasteiger partial charge is 0.322 e. The SMILES string of the molecule is O=C(Cc1ccccc1)Nc1sc2c(c1C(=O)Nc1ccccc1)CCCC2. The summed E-state index contributed by atoms with van der Waals surface area (Å²) in [4.78, 5) is 26.9. The summed E-state index contributed by atoms with van der Waals surface area (Å²) in [5.41, 5.74) is 3.44. The van der Waals surface area contributed by atoms with E-state index in [1.165, 1.54) is 4.88 Å². The summed E-state index contributed by atoms with van der Waals surface area (Å²) in [7, 11) is 0. The number of aryl methyl sites for hydroxylation is 1. The Bertz CT molecular complexity index is 981. The lowest BCUT2D eigenvalue weighted by atomic mass is 9.95. The van der Waals surface area contributed by atoms with Crippen LogP contribution >= 0.6 is 11.3 Å². The molecule has 1 aliphatic carbocycles. The van der Waals surface area contributed by atoms with Gasteiger partial charge in [-0.1, -0.05) is 48.5 Å². The third-order valence-electron chi connectivity index (χ3n) is 4.89. The van der Waals surface area contributed by atoms with Crippen LogP contribution in [0.1, 0.15) is 39.2 Å². The molecule has 5 heteroatoms. The van der Waals surface area contributed by atoms with Crippen molar-refractivity contribution in [1.82, 2.24) is 0 Å². The molecule has 0 saturated heterocycles. The first kappa shape index (κ1) is 18.4. The van der Waals surface area contributed by atoms with Gasteiger partial charge in [0.1, 0.15) is 5.00 Å². The van der Waals surface area contributed by atoms with E-state index < -0.39 is 0 Å². The van der Waals surface area contributed by atoms with E-state index in [0.29, 0.717) is 17.0 Å². The summed E-state index contributed by atoms with van der Waals surface area (Å²) in [5, 5.41) is 6.64. The van der Waals surface area contributed by atoms with Gasteiger partial charge in [0.15, 0.2) is 0 Å². The van der Waals surface area contributed by atoms with Gasteiger partial charge in [-0.05, 0) is 48.9 Å². The zero-order valence-electron chi connectivity index (χ0n) is 15.5. The number of hydrogen-bond donors (Lipinski definition) is 2. The lowest BCUT2D eigenvalue weighted by Gasteiger charge is -2.13. The van der Waals surface area contributed by atoms with Crippen molar-refractivity contribution in [1.29, 1.82) is 0 Å². The van der Waals surface area contributed by atoms with Gasteiger partial charge < -0.3 is 10.6 Å². The molecule has 0 saturated carbocycles. The van der Waals surface area contributed by atoms with E-state index in [1.54, 1.807) is 11.3 Å². The van der Waals surface area contributed by atoms with Gasteiger partial charge in [-0.3, -0.25) is 9.59 Å². The van der Waals surface area contributed by atoms with Crippen LogP contribution in [0.5, 0.6) is 0 Å². The molecule has 0 bridgehead atoms. The number of para-hydroxylation sites is 1. The van der Waals surface area contributed by atoms with E-state index in [9.17, 15) is 9.59 Å². The molecule has 0 radical (unpaired) electrons. The highest BCUT2D eigenvalue weighted by Gasteiger charge is 2.26. The molecule has 0 unspecified atom stereocenters. The first-order chi connectivity index (χ1) is 13.7. The minimum absolute atomic E-state index is 0.0986. The lowest BCUT2D eigenvalue weighted by Crippen LogP contribution is -2.19. The highest BCUT2D eigenvalue weighted by molar-refractivity contribution is 7.17. The van der Waals surface area contributed by atoms with Crippen LogP contribution in [-0.4, -0.2) is 11.8 Å². The molecule has 142 valence electrons. The normalized spacial score (nSPS) is 12.9. The van der Waals surface area contributed by atoms with Gasteiger partial charge >= 0.3 is 0 Å². The third kappa shape index (κ3) is 4.15. The number of amides is 2. The fourth-order valence-electron chi connectivity index (χ4n) is 3.56. The molecule has 0 spiro atoms. The summed E-state index contributed by atoms with van der Waals surface area (Å²) >= 11 is 1.55. The summed E-state index contributed by atoms with van der Waals surface area (Å²) in [5.74, 6) is -0.251. The van der Waals surface area contributed by atoms with E-state index in [4.69, 9.17) is 0 Å². The second-order valence-corrected chi connectivity index (χ2v) is 8.05. The quantitative estimate of drug-likeness (QED) is 0.640. The van der Waals surface area contributed by atoms with E-state index in [0.717, 1.165) is 42.5 Å². The Morgan fingerprint density at radius 2 is 1.54 bits per heavy atom. The molecule has 3 aromatic rings. The Labute approximate surface area is 168 Å². The zero-order chi connectivity index (χ0) is 19.3. The second kappa shape index (κ2) is 8.40. The molecule has 2 amide bonds. The second-order valence-electron chi connectivity index (χ2n) is 6.95. The predicted octanol–water partition coefficient (Wildman–Crippen LogP) is 5.06. The topological polar surface area (TPSA) is 58.2 Å². The molecule has 1 aliphatic rings. The maximum absolute atomic E-state index is 13.1. The fraction of sp³-hybridized carbons (Fsp3) is 0.217. The van der Waals surface area contributed by atoms with E-state index >= 15 is 0 Å². The zero-order valence-corrected chi connectivity index (χ0v) is 16.4. The summed E-state index contributed by atoms with van der Waals surface area (Å²) in [6.45, 7) is 0. The Hall–Kier alpha value is -2.92. The van der Waals surface area contributed by atoms with Crippen LogP contribution in [0.15, 0.2) is 60.7 Å². The third-order valence-corrected chi connectivity index (χ3v) is 6.10. The Balaban J connectivity index is 1.58. The van der Waals surface area contributed by atoms with Crippen LogP contribution in [0.2, 0.25) is 0 Å². The van der Waals surface area contributed by atoms with E-state index in [1.807, 2.05) is 60.7 Å². The average Bonchev–Trinajstić information content (AvgIpc) is 3.07. The number of rotatable bonds is 5. The number of benzene rings is 2. The van der Waals surface area contributed by atoms with Crippen LogP contribution in [0.3, 0.4) is 0 Å². The first-order valence-corrected chi connectivity index (χ1v) is 10.4. The minimum atomic E-state index is -0.152. The number of hydrogen-bond acceptors (Lipinski definition) is 3. The van der Waals surface area contributed by atoms with Gasteiger partial charge in [-0.25, -0.2) is 0 Å². The molecular weight excluding hydrogens is 368 g/mol. The number of carbonyl (C=O) groups excluding carboxylic acids is 2. The summed E-state index contributed by atoms with van der Waals surface area (Å²) < 4.78 is 0. The number of nitrogens with one attached hydrogen (secondary N) is 2. The first-order valence-electron chi connectivity index (χ1n) is 9.55. The molecule has 4 rings (SSSR count). The van der Waals surface area contributed by atoms with Gasteiger partial charge in [0, 0.05) is 10.6 Å². The van der Waals surface area contributed by atoms with Crippen molar-refractivity contribution < 1.29 is 9.59 Å². The highest BCUT2D eigenvalue weighted by atomic mass is 32.1. The number of thiophene rings is 1. The maximum Gasteiger partial charge on any atom is 0.258 e. The molecule has 0 aliphatic heterocycles. The van der Waals surface area contributed by atoms with Gasteiger partial charge in [0.2, 0.25) is 5.91 Å². The standard InChI is InChI=1S/C23H22N2O2S/c26-20(15-16-9-3-1-4-10-16)25-23-21(18-13-7-8-14-19(18)28-23)22(27)24-17-11-5-2-6-12-17/h1-6,9-12H,7-8,13-15H2,(H,24,27)(H,25,26). The lowest BCUT2D eigenvalue weighted by molar-refractivity contribution is -0.115. The monoisotopic (exact) mass is 390 g/mol. The Morgan fingerprint density at radius 3 is 2.29 bits per heavy atom. The maximum atomic E-state index is 13.1. The van der Waals surface area contributed by atoms with E-state index in [2.05, 4.69) is 10.6 Å². The summed E-state index contributed by atoms with van der Waals surface area (Å²) in [6.07, 6.45) is 4.36. The summed E-state index contributed by atoms with van der Waals surface area (Å²) in [6, 6.07) is 19.1. The van der Waals surface area contributed by atoms with Crippen LogP contribution in [0.4, 0.5) is 10.7 Å². The molecule has 4 nitrogen and oxygen atoms in total. The van der Waals surface area contributed by atoms with Crippen LogP contribution in [0, 0.1) is 0 Å². The molecule has 2 N–H and O–H groups in total.